The molecule has 2 aromatic heterocycles. The van der Waals surface area contributed by atoms with Gasteiger partial charge in [0.1, 0.15) is 5.76 Å². The van der Waals surface area contributed by atoms with Crippen molar-refractivity contribution in [3.8, 4) is 0 Å². The van der Waals surface area contributed by atoms with E-state index in [9.17, 15) is 4.79 Å². The summed E-state index contributed by atoms with van der Waals surface area (Å²) in [7, 11) is 0. The van der Waals surface area contributed by atoms with E-state index in [4.69, 9.17) is 4.42 Å². The molecule has 0 spiro atoms. The van der Waals surface area contributed by atoms with Crippen molar-refractivity contribution in [2.45, 2.75) is 12.5 Å². The summed E-state index contributed by atoms with van der Waals surface area (Å²) in [5, 5.41) is 7.08. The van der Waals surface area contributed by atoms with Crippen molar-refractivity contribution in [2.75, 3.05) is 31.1 Å². The number of thioether (sulfide) groups is 1. The molecule has 22 heavy (non-hydrogen) atoms. The number of amides is 1. The first-order chi connectivity index (χ1) is 10.8. The zero-order valence-corrected chi connectivity index (χ0v) is 14.0. The van der Waals surface area contributed by atoms with Gasteiger partial charge in [0.2, 0.25) is 5.91 Å². The number of thiophene rings is 1. The molecule has 0 radical (unpaired) electrons. The molecule has 1 aliphatic rings. The van der Waals surface area contributed by atoms with Crippen LogP contribution < -0.4 is 5.32 Å². The van der Waals surface area contributed by atoms with Crippen LogP contribution in [-0.2, 0) is 11.2 Å². The fraction of sp³-hybridized carbons (Fsp3) is 0.438. The number of nitrogens with zero attached hydrogens (tertiary/aromatic N) is 1. The first kappa shape index (κ1) is 15.6. The van der Waals surface area contributed by atoms with Gasteiger partial charge in [-0.2, -0.15) is 23.1 Å². The van der Waals surface area contributed by atoms with Crippen molar-refractivity contribution in [1.29, 1.82) is 0 Å². The van der Waals surface area contributed by atoms with Gasteiger partial charge in [0.25, 0.3) is 0 Å². The van der Waals surface area contributed by atoms with Gasteiger partial charge >= 0.3 is 0 Å². The number of carbonyl (C=O) groups excluding carboxylic acids is 1. The van der Waals surface area contributed by atoms with Gasteiger partial charge in [-0.1, -0.05) is 0 Å². The highest BCUT2D eigenvalue weighted by molar-refractivity contribution is 7.99. The van der Waals surface area contributed by atoms with Crippen LogP contribution >= 0.6 is 23.1 Å². The number of hydrogen-bond donors (Lipinski definition) is 1. The molecule has 0 bridgehead atoms. The molecule has 1 unspecified atom stereocenters. The zero-order valence-electron chi connectivity index (χ0n) is 12.4. The lowest BCUT2D eigenvalue weighted by atomic mass is 10.1. The Hall–Kier alpha value is -1.24. The second-order valence-electron chi connectivity index (χ2n) is 5.29. The molecule has 1 N–H and O–H groups in total. The normalized spacial score (nSPS) is 17.3. The smallest absolute Gasteiger partial charge is 0.224 e. The zero-order chi connectivity index (χ0) is 15.2. The van der Waals surface area contributed by atoms with Gasteiger partial charge in [0.15, 0.2) is 0 Å². The summed E-state index contributed by atoms with van der Waals surface area (Å²) in [6.45, 7) is 2.67. The number of hydrogen-bond acceptors (Lipinski definition) is 5. The predicted molar refractivity (Wildman–Crippen MR) is 91.4 cm³/mol. The van der Waals surface area contributed by atoms with Crippen molar-refractivity contribution in [2.24, 2.45) is 0 Å². The van der Waals surface area contributed by atoms with E-state index in [1.54, 1.807) is 17.6 Å². The second-order valence-corrected chi connectivity index (χ2v) is 7.30. The quantitative estimate of drug-likeness (QED) is 0.881. The summed E-state index contributed by atoms with van der Waals surface area (Å²) in [6.07, 6.45) is 2.15. The third-order valence-electron chi connectivity index (χ3n) is 3.80. The maximum atomic E-state index is 12.1. The maximum Gasteiger partial charge on any atom is 0.224 e. The molecular weight excluding hydrogens is 316 g/mol. The van der Waals surface area contributed by atoms with E-state index in [0.717, 1.165) is 35.9 Å². The topological polar surface area (TPSA) is 45.5 Å². The number of carbonyl (C=O) groups is 1. The van der Waals surface area contributed by atoms with Gasteiger partial charge in [-0.05, 0) is 34.5 Å². The van der Waals surface area contributed by atoms with E-state index in [-0.39, 0.29) is 11.9 Å². The Kier molecular flexibility index (Phi) is 5.58. The lowest BCUT2D eigenvalue weighted by Crippen LogP contribution is -2.42. The molecule has 1 saturated heterocycles. The van der Waals surface area contributed by atoms with E-state index < -0.39 is 0 Å². The minimum atomic E-state index is 0.0707. The highest BCUT2D eigenvalue weighted by atomic mass is 32.2. The van der Waals surface area contributed by atoms with Crippen molar-refractivity contribution >= 4 is 29.0 Å². The van der Waals surface area contributed by atoms with Crippen molar-refractivity contribution in [3.05, 3.63) is 46.5 Å². The van der Waals surface area contributed by atoms with Crippen LogP contribution in [0.3, 0.4) is 0 Å². The number of rotatable bonds is 6. The van der Waals surface area contributed by atoms with E-state index in [1.165, 1.54) is 0 Å². The fourth-order valence-corrected chi connectivity index (χ4v) is 4.23. The van der Waals surface area contributed by atoms with Crippen molar-refractivity contribution < 1.29 is 9.21 Å². The molecule has 0 saturated carbocycles. The largest absolute Gasteiger partial charge is 0.468 e. The lowest BCUT2D eigenvalue weighted by molar-refractivity contribution is -0.120. The minimum absolute atomic E-state index is 0.0707. The lowest BCUT2D eigenvalue weighted by Gasteiger charge is -2.33. The van der Waals surface area contributed by atoms with Crippen LogP contribution in [0.2, 0.25) is 0 Å². The van der Waals surface area contributed by atoms with E-state index in [2.05, 4.69) is 10.2 Å². The van der Waals surface area contributed by atoms with Gasteiger partial charge in [0, 0.05) is 31.1 Å². The fourth-order valence-electron chi connectivity index (χ4n) is 2.63. The Morgan fingerprint density at radius 1 is 1.36 bits per heavy atom. The second kappa shape index (κ2) is 7.85. The molecule has 0 aromatic carbocycles. The summed E-state index contributed by atoms with van der Waals surface area (Å²) >= 11 is 3.60. The van der Waals surface area contributed by atoms with Crippen LogP contribution in [0.4, 0.5) is 0 Å². The van der Waals surface area contributed by atoms with Gasteiger partial charge in [-0.15, -0.1) is 0 Å². The number of nitrogens with one attached hydrogen (secondary N) is 1. The van der Waals surface area contributed by atoms with Crippen molar-refractivity contribution in [1.82, 2.24) is 10.2 Å². The van der Waals surface area contributed by atoms with Gasteiger partial charge in [0.05, 0.1) is 18.7 Å². The van der Waals surface area contributed by atoms with E-state index in [0.29, 0.717) is 13.0 Å². The summed E-state index contributed by atoms with van der Waals surface area (Å²) in [6, 6.07) is 6.03. The minimum Gasteiger partial charge on any atom is -0.468 e. The van der Waals surface area contributed by atoms with Crippen LogP contribution in [0.25, 0.3) is 0 Å². The molecular formula is C16H20N2O2S2. The molecule has 1 atom stereocenters. The molecule has 1 aliphatic heterocycles. The first-order valence-corrected chi connectivity index (χ1v) is 9.55. The van der Waals surface area contributed by atoms with Crippen LogP contribution in [0.1, 0.15) is 17.4 Å². The monoisotopic (exact) mass is 336 g/mol. The molecule has 6 heteroatoms. The standard InChI is InChI=1S/C16H20N2O2S2/c19-16(10-13-3-7-22-12-13)17-11-14(15-2-1-6-20-15)18-4-8-21-9-5-18/h1-3,6-7,12,14H,4-5,8-11H2,(H,17,19). The third kappa shape index (κ3) is 4.15. The van der Waals surface area contributed by atoms with Gasteiger partial charge in [-0.25, -0.2) is 0 Å². The van der Waals surface area contributed by atoms with E-state index >= 15 is 0 Å². The predicted octanol–water partition coefficient (Wildman–Crippen LogP) is 2.79. The maximum absolute atomic E-state index is 12.1. The molecule has 0 aliphatic carbocycles. The SMILES string of the molecule is O=C(Cc1ccsc1)NCC(c1ccco1)N1CCSCC1. The summed E-state index contributed by atoms with van der Waals surface area (Å²) in [4.78, 5) is 14.5. The molecule has 3 heterocycles. The molecule has 4 nitrogen and oxygen atoms in total. The Balaban J connectivity index is 1.59. The van der Waals surface area contributed by atoms with Crippen LogP contribution in [0.5, 0.6) is 0 Å². The Labute approximate surface area is 138 Å². The highest BCUT2D eigenvalue weighted by Crippen LogP contribution is 2.24. The average Bonchev–Trinajstić information content (AvgIpc) is 3.22. The summed E-state index contributed by atoms with van der Waals surface area (Å²) in [5.41, 5.74) is 1.08. The molecule has 1 amide bonds. The number of furan rings is 1. The van der Waals surface area contributed by atoms with Crippen molar-refractivity contribution in [3.63, 3.8) is 0 Å². The average molecular weight is 336 g/mol. The molecule has 118 valence electrons. The Bertz CT molecular complexity index is 563. The van der Waals surface area contributed by atoms with Crippen LogP contribution in [0.15, 0.2) is 39.6 Å². The molecule has 3 rings (SSSR count). The first-order valence-electron chi connectivity index (χ1n) is 7.46. The molecule has 1 fully saturated rings. The Morgan fingerprint density at radius 3 is 2.91 bits per heavy atom. The molecule has 2 aromatic rings. The highest BCUT2D eigenvalue weighted by Gasteiger charge is 2.25. The third-order valence-corrected chi connectivity index (χ3v) is 5.47. The van der Waals surface area contributed by atoms with Crippen LogP contribution in [0, 0.1) is 0 Å². The van der Waals surface area contributed by atoms with E-state index in [1.807, 2.05) is 40.7 Å². The Morgan fingerprint density at radius 2 is 2.23 bits per heavy atom. The van der Waals surface area contributed by atoms with Gasteiger partial charge in [-0.3, -0.25) is 9.69 Å². The van der Waals surface area contributed by atoms with Gasteiger partial charge < -0.3 is 9.73 Å². The summed E-state index contributed by atoms with van der Waals surface area (Å²) in [5.74, 6) is 3.28. The van der Waals surface area contributed by atoms with Crippen LogP contribution in [-0.4, -0.2) is 41.9 Å². The summed E-state index contributed by atoms with van der Waals surface area (Å²) < 4.78 is 5.59.